The van der Waals surface area contributed by atoms with Gasteiger partial charge < -0.3 is 20.1 Å². The fourth-order valence-corrected chi connectivity index (χ4v) is 6.35. The van der Waals surface area contributed by atoms with Crippen molar-refractivity contribution in [2.24, 2.45) is 0 Å². The lowest BCUT2D eigenvalue weighted by atomic mass is 9.90. The highest BCUT2D eigenvalue weighted by atomic mass is 32.2. The van der Waals surface area contributed by atoms with E-state index in [9.17, 15) is 27.2 Å². The van der Waals surface area contributed by atoms with Gasteiger partial charge in [0.2, 0.25) is 5.88 Å². The van der Waals surface area contributed by atoms with E-state index in [-0.39, 0.29) is 47.6 Å². The number of carbonyl (C=O) groups is 2. The molecule has 2 heterocycles. The molecule has 1 aliphatic carbocycles. The summed E-state index contributed by atoms with van der Waals surface area (Å²) in [5.74, 6) is 0.248. The molecule has 1 aromatic heterocycles. The van der Waals surface area contributed by atoms with Crippen molar-refractivity contribution >= 4 is 23.6 Å². The lowest BCUT2D eigenvalue weighted by molar-refractivity contribution is -0.137. The van der Waals surface area contributed by atoms with Gasteiger partial charge >= 0.3 is 6.18 Å². The molecular formula is C32H33F4N3O4S. The Hall–Kier alpha value is -3.80. The van der Waals surface area contributed by atoms with E-state index in [1.54, 1.807) is 0 Å². The highest BCUT2D eigenvalue weighted by Gasteiger charge is 2.33. The number of carbonyl (C=O) groups excluding carboxylic acids is 2. The highest BCUT2D eigenvalue weighted by molar-refractivity contribution is 7.99. The molecule has 7 nitrogen and oxygen atoms in total. The zero-order valence-electron chi connectivity index (χ0n) is 23.9. The van der Waals surface area contributed by atoms with Crippen molar-refractivity contribution in [2.45, 2.75) is 69.5 Å². The minimum Gasteiger partial charge on any atom is -0.488 e. The second-order valence-corrected chi connectivity index (χ2v) is 12.1. The summed E-state index contributed by atoms with van der Waals surface area (Å²) in [4.78, 5) is 30.4. The molecule has 0 unspecified atom stereocenters. The van der Waals surface area contributed by atoms with Gasteiger partial charge in [0.1, 0.15) is 29.8 Å². The molecule has 2 aromatic carbocycles. The van der Waals surface area contributed by atoms with Crippen molar-refractivity contribution < 1.29 is 36.6 Å². The van der Waals surface area contributed by atoms with Crippen LogP contribution in [-0.4, -0.2) is 46.5 Å². The number of nitrogens with zero attached hydrogens (tertiary/aromatic N) is 1. The van der Waals surface area contributed by atoms with E-state index in [2.05, 4.69) is 15.6 Å². The van der Waals surface area contributed by atoms with Gasteiger partial charge in [0, 0.05) is 12.1 Å². The Morgan fingerprint density at radius 3 is 2.14 bits per heavy atom. The number of alkyl halides is 3. The first-order valence-electron chi connectivity index (χ1n) is 14.6. The molecule has 0 atom stereocenters. The first-order chi connectivity index (χ1) is 21.2. The number of nitrogens with one attached hydrogen (secondary N) is 2. The number of halogens is 4. The Morgan fingerprint density at radius 1 is 0.864 bits per heavy atom. The van der Waals surface area contributed by atoms with Gasteiger partial charge in [-0.15, -0.1) is 0 Å². The van der Waals surface area contributed by atoms with Crippen molar-refractivity contribution in [1.29, 1.82) is 0 Å². The van der Waals surface area contributed by atoms with Gasteiger partial charge in [-0.25, -0.2) is 9.37 Å². The Labute approximate surface area is 257 Å². The van der Waals surface area contributed by atoms with E-state index in [0.717, 1.165) is 54.3 Å². The molecule has 0 radical (unpaired) electrons. The van der Waals surface area contributed by atoms with Crippen LogP contribution in [0.15, 0.2) is 60.8 Å². The molecule has 0 spiro atoms. The Balaban J connectivity index is 1.19. The fourth-order valence-electron chi connectivity index (χ4n) is 5.29. The predicted molar refractivity (Wildman–Crippen MR) is 158 cm³/mol. The normalized spacial score (nSPS) is 19.2. The van der Waals surface area contributed by atoms with Gasteiger partial charge in [0.25, 0.3) is 11.8 Å². The van der Waals surface area contributed by atoms with Crippen molar-refractivity contribution in [1.82, 2.24) is 15.6 Å². The summed E-state index contributed by atoms with van der Waals surface area (Å²) in [7, 11) is 0. The average Bonchev–Trinajstić information content (AvgIpc) is 3.02. The van der Waals surface area contributed by atoms with Gasteiger partial charge in [-0.3, -0.25) is 9.59 Å². The summed E-state index contributed by atoms with van der Waals surface area (Å²) in [5, 5.41) is 5.76. The van der Waals surface area contributed by atoms with Crippen LogP contribution >= 0.6 is 11.8 Å². The molecular weight excluding hydrogens is 598 g/mol. The van der Waals surface area contributed by atoms with Crippen LogP contribution in [0.2, 0.25) is 0 Å². The van der Waals surface area contributed by atoms with E-state index in [0.29, 0.717) is 25.7 Å². The van der Waals surface area contributed by atoms with E-state index in [4.69, 9.17) is 9.47 Å². The summed E-state index contributed by atoms with van der Waals surface area (Å²) in [6, 6.07) is 12.5. The number of aromatic nitrogens is 1. The number of rotatable bonds is 9. The number of amides is 2. The van der Waals surface area contributed by atoms with E-state index in [1.807, 2.05) is 42.1 Å². The van der Waals surface area contributed by atoms with Gasteiger partial charge in [0.15, 0.2) is 0 Å². The second-order valence-electron chi connectivity index (χ2n) is 10.9. The maximum Gasteiger partial charge on any atom is 0.416 e. The zero-order valence-corrected chi connectivity index (χ0v) is 24.7. The Morgan fingerprint density at radius 2 is 1.50 bits per heavy atom. The molecule has 2 aliphatic rings. The number of hydrogen-bond donors (Lipinski definition) is 2. The van der Waals surface area contributed by atoms with Crippen LogP contribution < -0.4 is 20.1 Å². The molecule has 5 rings (SSSR count). The number of benzene rings is 2. The van der Waals surface area contributed by atoms with Crippen molar-refractivity contribution in [3.8, 4) is 11.6 Å². The monoisotopic (exact) mass is 631 g/mol. The third-order valence-electron chi connectivity index (χ3n) is 7.70. The van der Waals surface area contributed by atoms with Crippen molar-refractivity contribution in [3.63, 3.8) is 0 Å². The predicted octanol–water partition coefficient (Wildman–Crippen LogP) is 6.56. The fraction of sp³-hybridized carbons (Fsp3) is 0.406. The highest BCUT2D eigenvalue weighted by Crippen LogP contribution is 2.33. The summed E-state index contributed by atoms with van der Waals surface area (Å²) in [5.41, 5.74) is -0.307. The molecule has 2 N–H and O–H groups in total. The van der Waals surface area contributed by atoms with Crippen LogP contribution in [0, 0.1) is 5.82 Å². The summed E-state index contributed by atoms with van der Waals surface area (Å²) >= 11 is 1.83. The quantitative estimate of drug-likeness (QED) is 0.260. The molecule has 3 aromatic rings. The smallest absolute Gasteiger partial charge is 0.416 e. The Bertz CT molecular complexity index is 1440. The number of hydrogen-bond acceptors (Lipinski definition) is 6. The van der Waals surface area contributed by atoms with Gasteiger partial charge in [0.05, 0.1) is 17.3 Å². The molecule has 1 saturated carbocycles. The molecule has 12 heteroatoms. The summed E-state index contributed by atoms with van der Waals surface area (Å²) in [6.45, 7) is 0.0879. The minimum absolute atomic E-state index is 0.0335. The molecule has 44 heavy (non-hydrogen) atoms. The zero-order chi connectivity index (χ0) is 31.1. The molecule has 1 aliphatic heterocycles. The minimum atomic E-state index is -4.62. The third kappa shape index (κ3) is 8.43. The lowest BCUT2D eigenvalue weighted by Crippen LogP contribution is -2.44. The average molecular weight is 632 g/mol. The van der Waals surface area contributed by atoms with Crippen LogP contribution in [0.3, 0.4) is 0 Å². The first-order valence-corrected chi connectivity index (χ1v) is 15.7. The maximum atomic E-state index is 14.0. The van der Waals surface area contributed by atoms with Crippen LogP contribution in [0.4, 0.5) is 17.6 Å². The lowest BCUT2D eigenvalue weighted by Gasteiger charge is -2.30. The summed E-state index contributed by atoms with van der Waals surface area (Å²) < 4.78 is 66.1. The Kier molecular flexibility index (Phi) is 10.3. The first kappa shape index (κ1) is 31.6. The van der Waals surface area contributed by atoms with E-state index < -0.39 is 29.4 Å². The SMILES string of the molecule is O=C(NC1CCC(NC(=O)c2cc(F)cnc2OC2CCSCC2)CC1)c1cc(C(F)(F)F)ccc1OCc1ccccc1. The second kappa shape index (κ2) is 14.3. The molecule has 0 bridgehead atoms. The topological polar surface area (TPSA) is 89.6 Å². The van der Waals surface area contributed by atoms with Gasteiger partial charge in [-0.2, -0.15) is 24.9 Å². The van der Waals surface area contributed by atoms with E-state index >= 15 is 0 Å². The molecule has 234 valence electrons. The number of thioether (sulfide) groups is 1. The van der Waals surface area contributed by atoms with E-state index in [1.165, 1.54) is 6.07 Å². The van der Waals surface area contributed by atoms with Gasteiger partial charge in [-0.05, 0) is 79.9 Å². The number of pyridine rings is 1. The van der Waals surface area contributed by atoms with Crippen LogP contribution in [0.1, 0.15) is 70.4 Å². The molecule has 1 saturated heterocycles. The summed E-state index contributed by atoms with van der Waals surface area (Å²) in [6.07, 6.45) is -0.0450. The largest absolute Gasteiger partial charge is 0.488 e. The maximum absolute atomic E-state index is 14.0. The van der Waals surface area contributed by atoms with Crippen LogP contribution in [0.25, 0.3) is 0 Å². The van der Waals surface area contributed by atoms with Crippen LogP contribution in [-0.2, 0) is 12.8 Å². The molecule has 2 fully saturated rings. The molecule has 2 amide bonds. The standard InChI is InChI=1S/C32H33F4N3O4S/c33-22-17-27(31(37-18-22)43-25-12-14-44-15-13-25)30(41)39-24-9-7-23(8-10-24)38-29(40)26-16-21(32(34,35)36)6-11-28(26)42-19-20-4-2-1-3-5-20/h1-6,11,16-18,23-25H,7-10,12-15,19H2,(H,38,40)(H,39,41). The third-order valence-corrected chi connectivity index (χ3v) is 8.74. The van der Waals surface area contributed by atoms with Crippen LogP contribution in [0.5, 0.6) is 11.6 Å². The van der Waals surface area contributed by atoms with Crippen molar-refractivity contribution in [2.75, 3.05) is 11.5 Å². The number of ether oxygens (including phenoxy) is 2. The van der Waals surface area contributed by atoms with Crippen molar-refractivity contribution in [3.05, 3.63) is 88.9 Å². The van der Waals surface area contributed by atoms with Gasteiger partial charge in [-0.1, -0.05) is 30.3 Å².